The lowest BCUT2D eigenvalue weighted by molar-refractivity contribution is -0.227. The van der Waals surface area contributed by atoms with Crippen LogP contribution in [0.15, 0.2) is 0 Å². The Morgan fingerprint density at radius 3 is 1.96 bits per heavy atom. The smallest absolute Gasteiger partial charge is 0.220 e. The van der Waals surface area contributed by atoms with Crippen molar-refractivity contribution in [3.05, 3.63) is 0 Å². The predicted molar refractivity (Wildman–Crippen MR) is 111 cm³/mol. The minimum atomic E-state index is -0.270. The summed E-state index contributed by atoms with van der Waals surface area (Å²) in [6.45, 7) is 20.5. The molecule has 0 heterocycles. The van der Waals surface area contributed by atoms with Gasteiger partial charge in [-0.1, -0.05) is 48.5 Å². The van der Waals surface area contributed by atoms with Crippen LogP contribution in [0.1, 0.15) is 81.6 Å². The summed E-state index contributed by atoms with van der Waals surface area (Å²) in [4.78, 5) is 18.4. The predicted octanol–water partition coefficient (Wildman–Crippen LogP) is 4.70. The average molecular weight is 375 g/mol. The fraction of sp³-hybridized carbons (Fsp3) is 0.950. The van der Waals surface area contributed by atoms with Crippen LogP contribution in [0.2, 0.25) is 0 Å². The van der Waals surface area contributed by atoms with E-state index in [1.54, 1.807) is 0 Å². The molecule has 0 aliphatic heterocycles. The van der Waals surface area contributed by atoms with Crippen LogP contribution in [0.5, 0.6) is 0 Å². The van der Waals surface area contributed by atoms with E-state index in [4.69, 9.17) is 4.84 Å². The Kier molecular flexibility index (Phi) is 9.00. The third kappa shape index (κ3) is 12.7. The third-order valence-corrected chi connectivity index (χ3v) is 4.23. The Bertz CT molecular complexity index is 426. The van der Waals surface area contributed by atoms with Crippen molar-refractivity contribution < 1.29 is 9.63 Å². The van der Waals surface area contributed by atoms with E-state index in [0.29, 0.717) is 13.0 Å². The molecule has 0 aromatic carbocycles. The van der Waals surface area contributed by atoms with Crippen molar-refractivity contribution in [2.75, 3.05) is 20.1 Å². The average Bonchev–Trinajstić information content (AvgIpc) is 2.30. The van der Waals surface area contributed by atoms with Crippen molar-refractivity contribution in [1.29, 1.82) is 0 Å². The molecule has 0 aromatic rings. The zero-order chi connectivity index (χ0) is 20.1. The molecule has 0 aliphatic carbocycles. The quantitative estimate of drug-likeness (QED) is 0.407. The normalized spacial score (nSPS) is 14.1. The second kappa shape index (κ2) is 9.09. The highest BCUT2D eigenvalue weighted by molar-refractivity contribution is 7.81. The maximum absolute atomic E-state index is 12.4. The van der Waals surface area contributed by atoms with Crippen LogP contribution >= 0.6 is 12.6 Å². The molecule has 0 aromatic heterocycles. The first-order valence-corrected chi connectivity index (χ1v) is 9.81. The van der Waals surface area contributed by atoms with E-state index in [2.05, 4.69) is 80.3 Å². The standard InChI is InChI=1S/C20H42N2O2S/c1-11-22(10)24-19(6,7)13-18(4,5)15-21-16(23)12-17(2,3)14-20(8,9)25/h25H,11-15H2,1-10H3,(H,21,23). The van der Waals surface area contributed by atoms with E-state index in [-0.39, 0.29) is 27.1 Å². The molecule has 1 N–H and O–H groups in total. The Hall–Kier alpha value is -0.260. The lowest BCUT2D eigenvalue weighted by atomic mass is 9.79. The second-order valence-corrected chi connectivity index (χ2v) is 11.5. The minimum Gasteiger partial charge on any atom is -0.356 e. The number of hydrogen-bond donors (Lipinski definition) is 2. The molecule has 0 spiro atoms. The van der Waals surface area contributed by atoms with Crippen LogP contribution in [-0.4, -0.2) is 41.5 Å². The molecular weight excluding hydrogens is 332 g/mol. The minimum absolute atomic E-state index is 0.0410. The summed E-state index contributed by atoms with van der Waals surface area (Å²) < 4.78 is -0.0737. The monoisotopic (exact) mass is 374 g/mol. The van der Waals surface area contributed by atoms with Gasteiger partial charge in [-0.2, -0.15) is 17.7 Å². The van der Waals surface area contributed by atoms with Gasteiger partial charge in [0.15, 0.2) is 0 Å². The molecule has 150 valence electrons. The van der Waals surface area contributed by atoms with Gasteiger partial charge in [-0.25, -0.2) is 0 Å². The summed E-state index contributed by atoms with van der Waals surface area (Å²) in [7, 11) is 1.95. The highest BCUT2D eigenvalue weighted by atomic mass is 32.1. The molecule has 0 rings (SSSR count). The highest BCUT2D eigenvalue weighted by Crippen LogP contribution is 2.35. The van der Waals surface area contributed by atoms with E-state index >= 15 is 0 Å². The van der Waals surface area contributed by atoms with E-state index in [1.165, 1.54) is 0 Å². The summed E-state index contributed by atoms with van der Waals surface area (Å²) in [5, 5.41) is 4.98. The van der Waals surface area contributed by atoms with Gasteiger partial charge in [-0.3, -0.25) is 9.63 Å². The van der Waals surface area contributed by atoms with E-state index < -0.39 is 0 Å². The van der Waals surface area contributed by atoms with Gasteiger partial charge in [0.1, 0.15) is 0 Å². The van der Waals surface area contributed by atoms with E-state index in [9.17, 15) is 4.79 Å². The van der Waals surface area contributed by atoms with Gasteiger partial charge >= 0.3 is 0 Å². The number of thiol groups is 1. The summed E-state index contributed by atoms with van der Waals surface area (Å²) in [6.07, 6.45) is 2.27. The molecule has 0 bridgehead atoms. The molecule has 25 heavy (non-hydrogen) atoms. The summed E-state index contributed by atoms with van der Waals surface area (Å²) in [6, 6.07) is 0. The molecule has 4 nitrogen and oxygen atoms in total. The van der Waals surface area contributed by atoms with Crippen LogP contribution in [0, 0.1) is 10.8 Å². The van der Waals surface area contributed by atoms with Gasteiger partial charge in [0.25, 0.3) is 0 Å². The lowest BCUT2D eigenvalue weighted by Gasteiger charge is -2.37. The SMILES string of the molecule is CCN(C)OC(C)(C)CC(C)(C)CNC(=O)CC(C)(C)CC(C)(C)S. The van der Waals surface area contributed by atoms with Crippen molar-refractivity contribution in [3.63, 3.8) is 0 Å². The Morgan fingerprint density at radius 1 is 1.00 bits per heavy atom. The topological polar surface area (TPSA) is 41.6 Å². The summed E-state index contributed by atoms with van der Waals surface area (Å²) >= 11 is 4.60. The fourth-order valence-electron chi connectivity index (χ4n) is 3.80. The van der Waals surface area contributed by atoms with Crippen molar-refractivity contribution >= 4 is 18.5 Å². The number of carbonyl (C=O) groups is 1. The van der Waals surface area contributed by atoms with Crippen LogP contribution < -0.4 is 5.32 Å². The molecule has 1 amide bonds. The van der Waals surface area contributed by atoms with Gasteiger partial charge in [-0.15, -0.1) is 0 Å². The fourth-order valence-corrected chi connectivity index (χ4v) is 4.23. The van der Waals surface area contributed by atoms with Gasteiger partial charge in [0.05, 0.1) is 5.60 Å². The molecule has 0 aliphatic rings. The van der Waals surface area contributed by atoms with E-state index in [0.717, 1.165) is 19.4 Å². The maximum Gasteiger partial charge on any atom is 0.220 e. The van der Waals surface area contributed by atoms with Crippen molar-refractivity contribution in [1.82, 2.24) is 10.4 Å². The maximum atomic E-state index is 12.4. The number of hydrogen-bond acceptors (Lipinski definition) is 4. The highest BCUT2D eigenvalue weighted by Gasteiger charge is 2.32. The first kappa shape index (κ1) is 24.7. The van der Waals surface area contributed by atoms with Crippen LogP contribution in [0.25, 0.3) is 0 Å². The van der Waals surface area contributed by atoms with Crippen LogP contribution in [0.3, 0.4) is 0 Å². The van der Waals surface area contributed by atoms with Crippen molar-refractivity contribution in [3.8, 4) is 0 Å². The van der Waals surface area contributed by atoms with Gasteiger partial charge in [-0.05, 0) is 37.5 Å². The largest absolute Gasteiger partial charge is 0.356 e. The van der Waals surface area contributed by atoms with Crippen molar-refractivity contribution in [2.45, 2.75) is 91.9 Å². The number of hydroxylamine groups is 2. The molecule has 0 radical (unpaired) electrons. The number of nitrogens with zero attached hydrogens (tertiary/aromatic N) is 1. The lowest BCUT2D eigenvalue weighted by Crippen LogP contribution is -2.43. The van der Waals surface area contributed by atoms with Crippen LogP contribution in [0.4, 0.5) is 0 Å². The number of carbonyl (C=O) groups excluding carboxylic acids is 1. The molecule has 0 fully saturated rings. The second-order valence-electron chi connectivity index (χ2n) is 10.2. The summed E-state index contributed by atoms with van der Waals surface area (Å²) in [5.41, 5.74) is -0.374. The molecular formula is C20H42N2O2S. The van der Waals surface area contributed by atoms with Crippen LogP contribution in [-0.2, 0) is 9.63 Å². The van der Waals surface area contributed by atoms with Crippen molar-refractivity contribution in [2.24, 2.45) is 10.8 Å². The zero-order valence-corrected chi connectivity index (χ0v) is 19.1. The molecule has 5 heteroatoms. The Morgan fingerprint density at radius 2 is 1.52 bits per heavy atom. The van der Waals surface area contributed by atoms with Gasteiger partial charge in [0, 0.05) is 31.3 Å². The molecule has 0 saturated carbocycles. The van der Waals surface area contributed by atoms with Gasteiger partial charge in [0.2, 0.25) is 5.91 Å². The van der Waals surface area contributed by atoms with Gasteiger partial charge < -0.3 is 5.32 Å². The molecule has 0 saturated heterocycles. The third-order valence-electron chi connectivity index (χ3n) is 4.07. The number of amides is 1. The Balaban J connectivity index is 4.55. The first-order valence-electron chi connectivity index (χ1n) is 9.36. The molecule has 0 atom stereocenters. The molecule has 0 unspecified atom stereocenters. The van der Waals surface area contributed by atoms with E-state index in [1.807, 2.05) is 12.1 Å². The first-order chi connectivity index (χ1) is 11.0. The zero-order valence-electron chi connectivity index (χ0n) is 18.2. The number of nitrogens with one attached hydrogen (secondary N) is 1. The number of rotatable bonds is 11. The summed E-state index contributed by atoms with van der Waals surface area (Å²) in [5.74, 6) is 0.111. The Labute approximate surface area is 161 Å².